The third kappa shape index (κ3) is 8.49. The summed E-state index contributed by atoms with van der Waals surface area (Å²) < 4.78 is 42.5. The number of sulfonamides is 1. The van der Waals surface area contributed by atoms with Crippen LogP contribution in [0.25, 0.3) is 0 Å². The molecule has 0 aromatic heterocycles. The Kier molecular flexibility index (Phi) is 12.2. The van der Waals surface area contributed by atoms with Crippen molar-refractivity contribution < 1.29 is 27.4 Å². The maximum atomic E-state index is 13.9. The summed E-state index contributed by atoms with van der Waals surface area (Å²) in [5, 5.41) is 3.44. The predicted molar refractivity (Wildman–Crippen MR) is 152 cm³/mol. The molecule has 2 atom stereocenters. The maximum absolute atomic E-state index is 13.9. The SMILES string of the molecule is COCCCOc1cc(C(=O)N(C(C)C)[C@H]2CNCC[C@@H]2c2cccc(NS(C)(=O)=O)c2)ccc1OC.Cl. The van der Waals surface area contributed by atoms with Gasteiger partial charge in [0.2, 0.25) is 10.0 Å². The smallest absolute Gasteiger partial charge is 0.254 e. The summed E-state index contributed by atoms with van der Waals surface area (Å²) in [7, 11) is -0.175. The zero-order chi connectivity index (χ0) is 27.0. The number of benzene rings is 2. The first kappa shape index (κ1) is 31.7. The van der Waals surface area contributed by atoms with E-state index < -0.39 is 10.0 Å². The average Bonchev–Trinajstić information content (AvgIpc) is 2.86. The number of halogens is 1. The van der Waals surface area contributed by atoms with Crippen LogP contribution in [0.4, 0.5) is 5.69 Å². The second-order valence-corrected chi connectivity index (χ2v) is 11.3. The van der Waals surface area contributed by atoms with Crippen molar-refractivity contribution in [3.63, 3.8) is 0 Å². The van der Waals surface area contributed by atoms with Crippen molar-refractivity contribution >= 4 is 34.0 Å². The molecule has 3 rings (SSSR count). The summed E-state index contributed by atoms with van der Waals surface area (Å²) in [5.41, 5.74) is 2.04. The Hall–Kier alpha value is -2.53. The molecule has 38 heavy (non-hydrogen) atoms. The minimum atomic E-state index is -3.39. The monoisotopic (exact) mass is 569 g/mol. The fourth-order valence-corrected chi connectivity index (χ4v) is 5.35. The van der Waals surface area contributed by atoms with E-state index >= 15 is 0 Å². The molecule has 2 N–H and O–H groups in total. The molecule has 1 aliphatic rings. The van der Waals surface area contributed by atoms with Crippen molar-refractivity contribution in [3.8, 4) is 11.5 Å². The van der Waals surface area contributed by atoms with E-state index in [2.05, 4.69) is 10.0 Å². The minimum Gasteiger partial charge on any atom is -0.493 e. The van der Waals surface area contributed by atoms with E-state index in [9.17, 15) is 13.2 Å². The summed E-state index contributed by atoms with van der Waals surface area (Å²) in [5.74, 6) is 1.03. The molecule has 1 aliphatic heterocycles. The van der Waals surface area contributed by atoms with Gasteiger partial charge in [0, 0.05) is 49.9 Å². The van der Waals surface area contributed by atoms with E-state index in [1.807, 2.05) is 36.9 Å². The van der Waals surface area contributed by atoms with Crippen LogP contribution < -0.4 is 19.5 Å². The van der Waals surface area contributed by atoms with Crippen LogP contribution in [0.1, 0.15) is 48.5 Å². The van der Waals surface area contributed by atoms with Crippen molar-refractivity contribution in [1.29, 1.82) is 0 Å². The minimum absolute atomic E-state index is 0. The lowest BCUT2D eigenvalue weighted by molar-refractivity contribution is 0.0537. The van der Waals surface area contributed by atoms with Crippen LogP contribution in [-0.4, -0.2) is 78.1 Å². The van der Waals surface area contributed by atoms with Crippen LogP contribution >= 0.6 is 12.4 Å². The van der Waals surface area contributed by atoms with Crippen LogP contribution in [0.5, 0.6) is 11.5 Å². The summed E-state index contributed by atoms with van der Waals surface area (Å²) in [6.45, 7) is 6.50. The van der Waals surface area contributed by atoms with Crippen molar-refractivity contribution in [2.24, 2.45) is 0 Å². The molecule has 1 fully saturated rings. The van der Waals surface area contributed by atoms with E-state index in [0.29, 0.717) is 42.5 Å². The van der Waals surface area contributed by atoms with Gasteiger partial charge in [0.05, 0.1) is 26.0 Å². The Morgan fingerprint density at radius 2 is 1.89 bits per heavy atom. The third-order valence-electron chi connectivity index (χ3n) is 6.38. The van der Waals surface area contributed by atoms with E-state index in [1.165, 1.54) is 0 Å². The highest BCUT2D eigenvalue weighted by atomic mass is 35.5. The van der Waals surface area contributed by atoms with Crippen molar-refractivity contribution in [3.05, 3.63) is 53.6 Å². The zero-order valence-electron chi connectivity index (χ0n) is 22.7. The molecule has 1 saturated heterocycles. The number of rotatable bonds is 12. The first-order valence-electron chi connectivity index (χ1n) is 12.6. The van der Waals surface area contributed by atoms with Gasteiger partial charge in [-0.25, -0.2) is 8.42 Å². The lowest BCUT2D eigenvalue weighted by atomic mass is 9.84. The number of nitrogens with one attached hydrogen (secondary N) is 2. The predicted octanol–water partition coefficient (Wildman–Crippen LogP) is 3.90. The molecule has 212 valence electrons. The molecule has 0 saturated carbocycles. The molecule has 0 spiro atoms. The van der Waals surface area contributed by atoms with Gasteiger partial charge >= 0.3 is 0 Å². The molecule has 11 heteroatoms. The number of amides is 1. The molecule has 0 aliphatic carbocycles. The van der Waals surface area contributed by atoms with E-state index in [4.69, 9.17) is 14.2 Å². The number of carbonyl (C=O) groups is 1. The van der Waals surface area contributed by atoms with Gasteiger partial charge in [-0.2, -0.15) is 0 Å². The highest BCUT2D eigenvalue weighted by Crippen LogP contribution is 2.34. The van der Waals surface area contributed by atoms with Gasteiger partial charge in [0.15, 0.2) is 11.5 Å². The summed E-state index contributed by atoms with van der Waals surface area (Å²) in [6.07, 6.45) is 2.68. The lowest BCUT2D eigenvalue weighted by Gasteiger charge is -2.43. The largest absolute Gasteiger partial charge is 0.493 e. The van der Waals surface area contributed by atoms with E-state index in [1.54, 1.807) is 38.5 Å². The second-order valence-electron chi connectivity index (χ2n) is 9.53. The molecule has 2 aromatic carbocycles. The lowest BCUT2D eigenvalue weighted by Crippen LogP contribution is -2.55. The molecule has 1 heterocycles. The first-order valence-corrected chi connectivity index (χ1v) is 14.4. The number of methoxy groups -OCH3 is 2. The molecule has 0 unspecified atom stereocenters. The van der Waals surface area contributed by atoms with Crippen LogP contribution in [-0.2, 0) is 14.8 Å². The van der Waals surface area contributed by atoms with Gasteiger partial charge in [-0.15, -0.1) is 12.4 Å². The Morgan fingerprint density at radius 3 is 2.55 bits per heavy atom. The van der Waals surface area contributed by atoms with Gasteiger partial charge in [-0.05, 0) is 62.7 Å². The van der Waals surface area contributed by atoms with Crippen LogP contribution in [0.2, 0.25) is 0 Å². The Morgan fingerprint density at radius 1 is 1.13 bits per heavy atom. The molecule has 0 bridgehead atoms. The maximum Gasteiger partial charge on any atom is 0.254 e. The summed E-state index contributed by atoms with van der Waals surface area (Å²) in [4.78, 5) is 15.9. The van der Waals surface area contributed by atoms with Crippen LogP contribution in [0.15, 0.2) is 42.5 Å². The van der Waals surface area contributed by atoms with Gasteiger partial charge in [-0.1, -0.05) is 12.1 Å². The van der Waals surface area contributed by atoms with E-state index in [-0.39, 0.29) is 36.3 Å². The summed E-state index contributed by atoms with van der Waals surface area (Å²) >= 11 is 0. The number of piperidine rings is 1. The number of ether oxygens (including phenoxy) is 3. The van der Waals surface area contributed by atoms with Gasteiger partial charge < -0.3 is 24.4 Å². The Balaban J connectivity index is 0.00000507. The van der Waals surface area contributed by atoms with Gasteiger partial charge in [-0.3, -0.25) is 9.52 Å². The van der Waals surface area contributed by atoms with Gasteiger partial charge in [0.1, 0.15) is 0 Å². The molecular weight excluding hydrogens is 530 g/mol. The normalized spacial score (nSPS) is 17.4. The highest BCUT2D eigenvalue weighted by Gasteiger charge is 2.36. The number of hydrogen-bond donors (Lipinski definition) is 2. The van der Waals surface area contributed by atoms with Crippen LogP contribution in [0.3, 0.4) is 0 Å². The average molecular weight is 570 g/mol. The number of carbonyl (C=O) groups excluding carboxylic acids is 1. The molecule has 0 radical (unpaired) electrons. The Bertz CT molecular complexity index is 1160. The number of anilines is 1. The molecule has 9 nitrogen and oxygen atoms in total. The van der Waals surface area contributed by atoms with Crippen molar-refractivity contribution in [2.75, 3.05) is 51.5 Å². The number of nitrogens with zero attached hydrogens (tertiary/aromatic N) is 1. The second kappa shape index (κ2) is 14.6. The Labute approximate surface area is 232 Å². The topological polar surface area (TPSA) is 106 Å². The number of hydrogen-bond acceptors (Lipinski definition) is 7. The zero-order valence-corrected chi connectivity index (χ0v) is 24.4. The fraction of sp³-hybridized carbons (Fsp3) is 0.519. The molecule has 2 aromatic rings. The standard InChI is InChI=1S/C27H39N3O6S.ClH/c1-19(2)30(27(31)21-10-11-25(35-4)26(17-21)36-15-7-14-34-3)24-18-28-13-12-23(24)20-8-6-9-22(16-20)29-37(5,32)33;/h6,8-11,16-17,19,23-24,28-29H,7,12-15,18H2,1-5H3;1H/t23-,24+;/m1./s1. The van der Waals surface area contributed by atoms with Gasteiger partial charge in [0.25, 0.3) is 5.91 Å². The highest BCUT2D eigenvalue weighted by molar-refractivity contribution is 7.92. The van der Waals surface area contributed by atoms with Crippen LogP contribution in [0, 0.1) is 0 Å². The molecular formula is C27H40ClN3O6S. The third-order valence-corrected chi connectivity index (χ3v) is 6.98. The quantitative estimate of drug-likeness (QED) is 0.373. The van der Waals surface area contributed by atoms with Crippen molar-refractivity contribution in [1.82, 2.24) is 10.2 Å². The first-order chi connectivity index (χ1) is 17.6. The van der Waals surface area contributed by atoms with E-state index in [0.717, 1.165) is 31.2 Å². The van der Waals surface area contributed by atoms with Crippen molar-refractivity contribution in [2.45, 2.75) is 44.7 Å². The molecule has 1 amide bonds. The fourth-order valence-electron chi connectivity index (χ4n) is 4.80. The summed E-state index contributed by atoms with van der Waals surface area (Å²) in [6, 6.07) is 12.5.